The van der Waals surface area contributed by atoms with Gasteiger partial charge in [-0.1, -0.05) is 0 Å². The smallest absolute Gasteiger partial charge is 0.259 e. The van der Waals surface area contributed by atoms with Gasteiger partial charge in [0.2, 0.25) is 0 Å². The molecule has 0 saturated heterocycles. The first-order valence-electron chi connectivity index (χ1n) is 5.68. The number of H-pyrrole nitrogens is 2. The van der Waals surface area contributed by atoms with Crippen LogP contribution < -0.4 is 5.32 Å². The Morgan fingerprint density at radius 3 is 2.95 bits per heavy atom. The highest BCUT2D eigenvalue weighted by Gasteiger charge is 2.15. The van der Waals surface area contributed by atoms with E-state index in [1.807, 2.05) is 12.3 Å². The zero-order valence-electron chi connectivity index (χ0n) is 10.3. The Morgan fingerprint density at radius 1 is 1.45 bits per heavy atom. The molecule has 3 aromatic rings. The number of carbonyl (C=O) groups is 1. The number of fused-ring (bicyclic) bond motifs is 1. The first kappa shape index (κ1) is 12.9. The van der Waals surface area contributed by atoms with E-state index in [0.717, 1.165) is 11.8 Å². The molecule has 0 unspecified atom stereocenters. The SMILES string of the molecule is Cc1csc(NC(=O)c2cc(F)cc3[nH]c(=S)[nH]c23)n1. The van der Waals surface area contributed by atoms with Crippen LogP contribution >= 0.6 is 23.6 Å². The van der Waals surface area contributed by atoms with Crippen LogP contribution in [-0.4, -0.2) is 20.9 Å². The summed E-state index contributed by atoms with van der Waals surface area (Å²) in [4.78, 5) is 22.0. The zero-order chi connectivity index (χ0) is 14.3. The van der Waals surface area contributed by atoms with Gasteiger partial charge in [-0.25, -0.2) is 9.37 Å². The number of benzene rings is 1. The highest BCUT2D eigenvalue weighted by molar-refractivity contribution is 7.71. The lowest BCUT2D eigenvalue weighted by atomic mass is 10.1. The van der Waals surface area contributed by atoms with Gasteiger partial charge in [-0.05, 0) is 31.3 Å². The first-order chi connectivity index (χ1) is 9.52. The Bertz CT molecular complexity index is 864. The van der Waals surface area contributed by atoms with Crippen molar-refractivity contribution in [2.45, 2.75) is 6.92 Å². The van der Waals surface area contributed by atoms with E-state index in [0.29, 0.717) is 20.9 Å². The fourth-order valence-corrected chi connectivity index (χ4v) is 2.76. The van der Waals surface area contributed by atoms with E-state index in [2.05, 4.69) is 20.3 Å². The Balaban J connectivity index is 2.04. The largest absolute Gasteiger partial charge is 0.331 e. The number of anilines is 1. The number of aromatic amines is 2. The molecule has 5 nitrogen and oxygen atoms in total. The second-order valence-corrected chi connectivity index (χ2v) is 5.47. The van der Waals surface area contributed by atoms with Gasteiger partial charge in [0.15, 0.2) is 9.90 Å². The van der Waals surface area contributed by atoms with Crippen LogP contribution in [0.1, 0.15) is 16.1 Å². The summed E-state index contributed by atoms with van der Waals surface area (Å²) >= 11 is 6.27. The minimum atomic E-state index is -0.511. The number of amides is 1. The van der Waals surface area contributed by atoms with Gasteiger partial charge in [-0.15, -0.1) is 11.3 Å². The van der Waals surface area contributed by atoms with Gasteiger partial charge in [-0.2, -0.15) is 0 Å². The van der Waals surface area contributed by atoms with Gasteiger partial charge >= 0.3 is 0 Å². The molecule has 0 spiro atoms. The summed E-state index contributed by atoms with van der Waals surface area (Å²) in [6.45, 7) is 1.83. The van der Waals surface area contributed by atoms with Crippen LogP contribution in [0, 0.1) is 17.5 Å². The number of aromatic nitrogens is 3. The molecule has 0 radical (unpaired) electrons. The fraction of sp³-hybridized carbons (Fsp3) is 0.0833. The van der Waals surface area contributed by atoms with Crippen LogP contribution in [0.15, 0.2) is 17.5 Å². The summed E-state index contributed by atoms with van der Waals surface area (Å²) < 4.78 is 13.9. The first-order valence-corrected chi connectivity index (χ1v) is 6.97. The molecular formula is C12H9FN4OS2. The molecule has 0 saturated carbocycles. The van der Waals surface area contributed by atoms with Crippen molar-refractivity contribution in [1.82, 2.24) is 15.0 Å². The van der Waals surface area contributed by atoms with E-state index in [-0.39, 0.29) is 5.56 Å². The lowest BCUT2D eigenvalue weighted by Crippen LogP contribution is -2.12. The third-order valence-electron chi connectivity index (χ3n) is 2.67. The minimum Gasteiger partial charge on any atom is -0.331 e. The summed E-state index contributed by atoms with van der Waals surface area (Å²) in [6, 6.07) is 2.45. The second-order valence-electron chi connectivity index (χ2n) is 4.20. The number of nitrogens with zero attached hydrogens (tertiary/aromatic N) is 1. The second kappa shape index (κ2) is 4.80. The number of nitrogens with one attached hydrogen (secondary N) is 3. The quantitative estimate of drug-likeness (QED) is 0.635. The van der Waals surface area contributed by atoms with E-state index in [4.69, 9.17) is 12.2 Å². The van der Waals surface area contributed by atoms with E-state index >= 15 is 0 Å². The average Bonchev–Trinajstić information content (AvgIpc) is 2.93. The molecule has 1 aromatic carbocycles. The maximum absolute atomic E-state index is 13.5. The van der Waals surface area contributed by atoms with Crippen molar-refractivity contribution < 1.29 is 9.18 Å². The van der Waals surface area contributed by atoms with Gasteiger partial charge in [0.25, 0.3) is 5.91 Å². The van der Waals surface area contributed by atoms with Crippen molar-refractivity contribution in [2.75, 3.05) is 5.32 Å². The predicted molar refractivity (Wildman–Crippen MR) is 78.2 cm³/mol. The number of thiazole rings is 1. The number of hydrogen-bond donors (Lipinski definition) is 3. The maximum atomic E-state index is 13.5. The van der Waals surface area contributed by atoms with Crippen LogP contribution in [0.4, 0.5) is 9.52 Å². The molecule has 3 N–H and O–H groups in total. The Kier molecular flexibility index (Phi) is 3.11. The van der Waals surface area contributed by atoms with Gasteiger partial charge in [0, 0.05) is 5.38 Å². The number of hydrogen-bond acceptors (Lipinski definition) is 4. The molecule has 1 amide bonds. The number of carbonyl (C=O) groups excluding carboxylic acids is 1. The molecule has 3 rings (SSSR count). The van der Waals surface area contributed by atoms with Gasteiger partial charge in [0.05, 0.1) is 22.3 Å². The van der Waals surface area contributed by atoms with Crippen LogP contribution in [-0.2, 0) is 0 Å². The van der Waals surface area contributed by atoms with Crippen LogP contribution in [0.25, 0.3) is 11.0 Å². The molecule has 0 aliphatic heterocycles. The van der Waals surface area contributed by atoms with E-state index in [9.17, 15) is 9.18 Å². The van der Waals surface area contributed by atoms with Crippen LogP contribution in [0.2, 0.25) is 0 Å². The van der Waals surface area contributed by atoms with Crippen molar-refractivity contribution in [1.29, 1.82) is 0 Å². The molecule has 0 aliphatic carbocycles. The van der Waals surface area contributed by atoms with Crippen molar-refractivity contribution >= 4 is 45.6 Å². The van der Waals surface area contributed by atoms with Crippen molar-refractivity contribution in [2.24, 2.45) is 0 Å². The number of rotatable bonds is 2. The lowest BCUT2D eigenvalue weighted by Gasteiger charge is -2.03. The van der Waals surface area contributed by atoms with Crippen molar-refractivity contribution in [3.05, 3.63) is 39.4 Å². The molecule has 8 heteroatoms. The third kappa shape index (κ3) is 2.35. The van der Waals surface area contributed by atoms with Crippen LogP contribution in [0.5, 0.6) is 0 Å². The van der Waals surface area contributed by atoms with Crippen LogP contribution in [0.3, 0.4) is 0 Å². The molecule has 2 heterocycles. The van der Waals surface area contributed by atoms with E-state index in [1.165, 1.54) is 17.4 Å². The summed E-state index contributed by atoms with van der Waals surface area (Å²) in [5.41, 5.74) is 1.92. The normalized spacial score (nSPS) is 10.9. The highest BCUT2D eigenvalue weighted by atomic mass is 32.1. The highest BCUT2D eigenvalue weighted by Crippen LogP contribution is 2.21. The van der Waals surface area contributed by atoms with Gasteiger partial charge in [-0.3, -0.25) is 10.1 Å². The van der Waals surface area contributed by atoms with E-state index in [1.54, 1.807) is 0 Å². The summed E-state index contributed by atoms with van der Waals surface area (Å²) in [5.74, 6) is -0.947. The topological polar surface area (TPSA) is 73.6 Å². The Labute approximate surface area is 121 Å². The van der Waals surface area contributed by atoms with Crippen molar-refractivity contribution in [3.8, 4) is 0 Å². The zero-order valence-corrected chi connectivity index (χ0v) is 11.9. The summed E-state index contributed by atoms with van der Waals surface area (Å²) in [6.07, 6.45) is 0. The third-order valence-corrected chi connectivity index (χ3v) is 3.75. The number of imidazole rings is 1. The standard InChI is InChI=1S/C12H9FN4OS2/c1-5-4-20-12(14-5)17-10(18)7-2-6(13)3-8-9(7)16-11(19)15-8/h2-4H,1H3,(H,14,17,18)(H2,15,16,19). The Hall–Kier alpha value is -2.06. The van der Waals surface area contributed by atoms with Crippen molar-refractivity contribution in [3.63, 3.8) is 0 Å². The molecule has 0 atom stereocenters. The minimum absolute atomic E-state index is 0.181. The molecule has 0 bridgehead atoms. The Morgan fingerprint density at radius 2 is 2.25 bits per heavy atom. The monoisotopic (exact) mass is 308 g/mol. The molecule has 102 valence electrons. The molecule has 2 aromatic heterocycles. The maximum Gasteiger partial charge on any atom is 0.259 e. The molecular weight excluding hydrogens is 299 g/mol. The van der Waals surface area contributed by atoms with Gasteiger partial charge in [0.1, 0.15) is 5.82 Å². The predicted octanol–water partition coefficient (Wildman–Crippen LogP) is 3.38. The molecule has 20 heavy (non-hydrogen) atoms. The lowest BCUT2D eigenvalue weighted by molar-refractivity contribution is 0.102. The van der Waals surface area contributed by atoms with E-state index < -0.39 is 11.7 Å². The molecule has 0 aliphatic rings. The average molecular weight is 308 g/mol. The summed E-state index contributed by atoms with van der Waals surface area (Å²) in [7, 11) is 0. The fourth-order valence-electron chi connectivity index (χ4n) is 1.86. The number of halogens is 1. The van der Waals surface area contributed by atoms with Gasteiger partial charge < -0.3 is 9.97 Å². The summed E-state index contributed by atoms with van der Waals surface area (Å²) in [5, 5.41) is 4.93. The molecule has 0 fully saturated rings. The number of aryl methyl sites for hydroxylation is 1.